The van der Waals surface area contributed by atoms with Gasteiger partial charge in [-0.25, -0.2) is 8.42 Å². The molecular weight excluding hydrogens is 372 g/mol. The Labute approximate surface area is 160 Å². The second kappa shape index (κ2) is 8.39. The van der Waals surface area contributed by atoms with Crippen molar-refractivity contribution in [3.63, 3.8) is 0 Å². The first-order valence-corrected chi connectivity index (χ1v) is 10.6. The fraction of sp³-hybridized carbons (Fsp3) is 0.368. The predicted molar refractivity (Wildman–Crippen MR) is 105 cm³/mol. The van der Waals surface area contributed by atoms with Gasteiger partial charge < -0.3 is 4.74 Å². The number of morpholine rings is 1. The summed E-state index contributed by atoms with van der Waals surface area (Å²) < 4.78 is 32.8. The molecule has 0 spiro atoms. The van der Waals surface area contributed by atoms with Crippen LogP contribution >= 0.6 is 11.6 Å². The van der Waals surface area contributed by atoms with Gasteiger partial charge in [0.1, 0.15) is 0 Å². The van der Waals surface area contributed by atoms with E-state index in [2.05, 4.69) is 9.62 Å². The average Bonchev–Trinajstić information content (AvgIpc) is 2.57. The topological polar surface area (TPSA) is 58.6 Å². The Morgan fingerprint density at radius 3 is 2.62 bits per heavy atom. The van der Waals surface area contributed by atoms with Crippen LogP contribution in [-0.4, -0.2) is 39.6 Å². The third-order valence-electron chi connectivity index (χ3n) is 4.26. The third kappa shape index (κ3) is 5.45. The van der Waals surface area contributed by atoms with Gasteiger partial charge in [-0.15, -0.1) is 0 Å². The molecule has 0 bridgehead atoms. The zero-order valence-corrected chi connectivity index (χ0v) is 16.3. The monoisotopic (exact) mass is 394 g/mol. The summed E-state index contributed by atoms with van der Waals surface area (Å²) in [7, 11) is -3.50. The number of nitrogens with zero attached hydrogens (tertiary/aromatic N) is 1. The average molecular weight is 395 g/mol. The molecule has 5 nitrogen and oxygen atoms in total. The highest BCUT2D eigenvalue weighted by molar-refractivity contribution is 7.91. The summed E-state index contributed by atoms with van der Waals surface area (Å²) in [5, 5.41) is 0.562. The van der Waals surface area contributed by atoms with Crippen LogP contribution in [0.2, 0.25) is 5.02 Å². The smallest absolute Gasteiger partial charge is 0.236 e. The van der Waals surface area contributed by atoms with Gasteiger partial charge in [0.05, 0.1) is 19.0 Å². The number of benzene rings is 2. The molecule has 3 rings (SSSR count). The van der Waals surface area contributed by atoms with Crippen molar-refractivity contribution in [2.75, 3.05) is 31.0 Å². The van der Waals surface area contributed by atoms with Crippen LogP contribution in [0, 0.1) is 6.92 Å². The summed E-state index contributed by atoms with van der Waals surface area (Å²) in [5.74, 6) is -0.0676. The number of rotatable bonds is 6. The van der Waals surface area contributed by atoms with E-state index in [1.54, 1.807) is 12.1 Å². The highest BCUT2D eigenvalue weighted by Gasteiger charge is 2.15. The molecule has 1 heterocycles. The number of aryl methyl sites for hydroxylation is 1. The largest absolute Gasteiger partial charge is 0.379 e. The minimum Gasteiger partial charge on any atom is -0.379 e. The maximum absolute atomic E-state index is 12.4. The molecule has 0 aliphatic carbocycles. The van der Waals surface area contributed by atoms with E-state index in [9.17, 15) is 8.42 Å². The van der Waals surface area contributed by atoms with Gasteiger partial charge in [-0.1, -0.05) is 47.5 Å². The van der Waals surface area contributed by atoms with Crippen LogP contribution in [-0.2, 0) is 27.1 Å². The maximum Gasteiger partial charge on any atom is 0.236 e. The molecule has 2 aromatic carbocycles. The van der Waals surface area contributed by atoms with Crippen molar-refractivity contribution in [3.8, 4) is 0 Å². The molecule has 0 amide bonds. The molecule has 140 valence electrons. The Hall–Kier alpha value is -1.60. The Kier molecular flexibility index (Phi) is 6.19. The zero-order chi connectivity index (χ0) is 18.6. The van der Waals surface area contributed by atoms with Crippen molar-refractivity contribution in [1.82, 2.24) is 4.90 Å². The van der Waals surface area contributed by atoms with Crippen molar-refractivity contribution >= 4 is 27.3 Å². The van der Waals surface area contributed by atoms with Gasteiger partial charge in [0.2, 0.25) is 10.0 Å². The number of ether oxygens (including phenoxy) is 1. The van der Waals surface area contributed by atoms with Gasteiger partial charge in [0.25, 0.3) is 0 Å². The second-order valence-electron chi connectivity index (χ2n) is 6.54. The first kappa shape index (κ1) is 19.2. The molecule has 1 N–H and O–H groups in total. The van der Waals surface area contributed by atoms with Gasteiger partial charge in [-0.05, 0) is 30.2 Å². The van der Waals surface area contributed by atoms with Gasteiger partial charge in [-0.2, -0.15) is 0 Å². The SMILES string of the molecule is Cc1cccc(CS(=O)(=O)Nc2ccc(CN3CCOCC3)c(Cl)c2)c1. The molecule has 0 unspecified atom stereocenters. The molecular formula is C19H23ClN2O3S. The van der Waals surface area contributed by atoms with E-state index in [-0.39, 0.29) is 5.75 Å². The van der Waals surface area contributed by atoms with E-state index in [0.717, 1.165) is 49.5 Å². The summed E-state index contributed by atoms with van der Waals surface area (Å²) in [5.41, 5.74) is 3.25. The molecule has 0 aromatic heterocycles. The van der Waals surface area contributed by atoms with Crippen molar-refractivity contribution in [1.29, 1.82) is 0 Å². The molecule has 1 fully saturated rings. The standard InChI is InChI=1S/C19H23ClN2O3S/c1-15-3-2-4-16(11-15)14-26(23,24)21-18-6-5-17(19(20)12-18)13-22-7-9-25-10-8-22/h2-6,11-12,21H,7-10,13-14H2,1H3. The minimum absolute atomic E-state index is 0.0676. The van der Waals surface area contributed by atoms with E-state index in [1.807, 2.05) is 37.3 Å². The van der Waals surface area contributed by atoms with E-state index in [0.29, 0.717) is 10.7 Å². The Balaban J connectivity index is 1.66. The van der Waals surface area contributed by atoms with Gasteiger partial charge >= 0.3 is 0 Å². The van der Waals surface area contributed by atoms with Crippen LogP contribution in [0.4, 0.5) is 5.69 Å². The summed E-state index contributed by atoms with van der Waals surface area (Å²) >= 11 is 6.37. The fourth-order valence-electron chi connectivity index (χ4n) is 2.98. The Morgan fingerprint density at radius 2 is 1.92 bits per heavy atom. The fourth-order valence-corrected chi connectivity index (χ4v) is 4.39. The highest BCUT2D eigenvalue weighted by Crippen LogP contribution is 2.24. The van der Waals surface area contributed by atoms with Crippen LogP contribution in [0.5, 0.6) is 0 Å². The number of hydrogen-bond donors (Lipinski definition) is 1. The van der Waals surface area contributed by atoms with Crippen LogP contribution in [0.1, 0.15) is 16.7 Å². The lowest BCUT2D eigenvalue weighted by molar-refractivity contribution is 0.0342. The molecule has 1 aliphatic rings. The lowest BCUT2D eigenvalue weighted by atomic mass is 10.2. The van der Waals surface area contributed by atoms with E-state index in [4.69, 9.17) is 16.3 Å². The molecule has 2 aromatic rings. The van der Waals surface area contributed by atoms with Crippen LogP contribution in [0.3, 0.4) is 0 Å². The molecule has 26 heavy (non-hydrogen) atoms. The van der Waals surface area contributed by atoms with Crippen LogP contribution in [0.15, 0.2) is 42.5 Å². The lowest BCUT2D eigenvalue weighted by Crippen LogP contribution is -2.35. The van der Waals surface area contributed by atoms with Gasteiger partial charge in [-0.3, -0.25) is 9.62 Å². The lowest BCUT2D eigenvalue weighted by Gasteiger charge is -2.27. The summed E-state index contributed by atoms with van der Waals surface area (Å²) in [4.78, 5) is 2.27. The maximum atomic E-state index is 12.4. The molecule has 1 aliphatic heterocycles. The summed E-state index contributed by atoms with van der Waals surface area (Å²) in [6, 6.07) is 12.8. The predicted octanol–water partition coefficient (Wildman–Crippen LogP) is 3.42. The first-order valence-electron chi connectivity index (χ1n) is 8.56. The molecule has 1 saturated heterocycles. The first-order chi connectivity index (χ1) is 12.4. The third-order valence-corrected chi connectivity index (χ3v) is 5.88. The zero-order valence-electron chi connectivity index (χ0n) is 14.7. The molecule has 0 saturated carbocycles. The van der Waals surface area contributed by atoms with Gasteiger partial charge in [0, 0.05) is 30.3 Å². The van der Waals surface area contributed by atoms with Gasteiger partial charge in [0.15, 0.2) is 0 Å². The highest BCUT2D eigenvalue weighted by atomic mass is 35.5. The van der Waals surface area contributed by atoms with E-state index in [1.165, 1.54) is 0 Å². The number of anilines is 1. The van der Waals surface area contributed by atoms with Crippen molar-refractivity contribution in [2.24, 2.45) is 0 Å². The number of sulfonamides is 1. The number of halogens is 1. The van der Waals surface area contributed by atoms with Crippen molar-refractivity contribution in [3.05, 3.63) is 64.2 Å². The normalized spacial score (nSPS) is 15.8. The number of hydrogen-bond acceptors (Lipinski definition) is 4. The van der Waals surface area contributed by atoms with E-state index >= 15 is 0 Å². The summed E-state index contributed by atoms with van der Waals surface area (Å²) in [6.07, 6.45) is 0. The van der Waals surface area contributed by atoms with Crippen molar-refractivity contribution in [2.45, 2.75) is 19.2 Å². The molecule has 0 radical (unpaired) electrons. The Morgan fingerprint density at radius 1 is 1.15 bits per heavy atom. The summed E-state index contributed by atoms with van der Waals surface area (Å²) in [6.45, 7) is 5.89. The molecule has 7 heteroatoms. The quantitative estimate of drug-likeness (QED) is 0.815. The van der Waals surface area contributed by atoms with E-state index < -0.39 is 10.0 Å². The second-order valence-corrected chi connectivity index (χ2v) is 8.67. The minimum atomic E-state index is -3.50. The molecule has 0 atom stereocenters. The van der Waals surface area contributed by atoms with Crippen LogP contribution in [0.25, 0.3) is 0 Å². The number of nitrogens with one attached hydrogen (secondary N) is 1. The van der Waals surface area contributed by atoms with Crippen LogP contribution < -0.4 is 4.72 Å². The van der Waals surface area contributed by atoms with Crippen molar-refractivity contribution < 1.29 is 13.2 Å². The Bertz CT molecular complexity index is 865.